The van der Waals surface area contributed by atoms with Crippen LogP contribution in [0.5, 0.6) is 0 Å². The summed E-state index contributed by atoms with van der Waals surface area (Å²) in [6.07, 6.45) is 8.63. The Labute approximate surface area is 113 Å². The second kappa shape index (κ2) is 4.31. The van der Waals surface area contributed by atoms with Gasteiger partial charge in [-0.15, -0.1) is 0 Å². The number of fused-ring (bicyclic) bond motifs is 3. The molecule has 2 nitrogen and oxygen atoms in total. The van der Waals surface area contributed by atoms with Crippen molar-refractivity contribution in [2.45, 2.75) is 31.8 Å². The summed E-state index contributed by atoms with van der Waals surface area (Å²) in [5, 5.41) is 13.1. The Kier molecular flexibility index (Phi) is 2.59. The van der Waals surface area contributed by atoms with Crippen molar-refractivity contribution in [2.24, 2.45) is 17.8 Å². The summed E-state index contributed by atoms with van der Waals surface area (Å²) in [6.45, 7) is 0. The largest absolute Gasteiger partial charge is 0.388 e. The van der Waals surface area contributed by atoms with Crippen molar-refractivity contribution in [1.82, 2.24) is 4.98 Å². The van der Waals surface area contributed by atoms with E-state index in [1.54, 1.807) is 0 Å². The lowest BCUT2D eigenvalue weighted by molar-refractivity contribution is 0.0757. The van der Waals surface area contributed by atoms with Crippen molar-refractivity contribution in [3.63, 3.8) is 0 Å². The average Bonchev–Trinajstić information content (AvgIpc) is 3.08. The van der Waals surface area contributed by atoms with E-state index in [1.165, 1.54) is 31.1 Å². The molecular formula is C17H19NO. The van der Waals surface area contributed by atoms with Gasteiger partial charge in [-0.25, -0.2) is 0 Å². The van der Waals surface area contributed by atoms with Crippen LogP contribution in [0.4, 0.5) is 0 Å². The van der Waals surface area contributed by atoms with E-state index in [0.717, 1.165) is 22.8 Å². The Morgan fingerprint density at radius 1 is 1.16 bits per heavy atom. The molecule has 0 saturated heterocycles. The number of pyridine rings is 1. The number of rotatable bonds is 2. The Morgan fingerprint density at radius 3 is 2.89 bits per heavy atom. The molecule has 1 heterocycles. The van der Waals surface area contributed by atoms with Gasteiger partial charge < -0.3 is 5.11 Å². The maximum Gasteiger partial charge on any atom is 0.0827 e. The standard InChI is InChI=1S/C17H19NO/c19-17(15-9-11-4-5-13(15)8-11)14-3-1-2-12-6-7-18-10-16(12)14/h1-3,6-7,10-11,13,15,17,19H,4-5,8-9H2. The minimum atomic E-state index is -0.316. The summed E-state index contributed by atoms with van der Waals surface area (Å²) >= 11 is 0. The van der Waals surface area contributed by atoms with Crippen LogP contribution in [-0.2, 0) is 0 Å². The van der Waals surface area contributed by atoms with Crippen molar-refractivity contribution in [3.05, 3.63) is 42.2 Å². The Balaban J connectivity index is 1.74. The van der Waals surface area contributed by atoms with Crippen LogP contribution in [0.15, 0.2) is 36.7 Å². The molecule has 1 N–H and O–H groups in total. The van der Waals surface area contributed by atoms with Gasteiger partial charge >= 0.3 is 0 Å². The molecular weight excluding hydrogens is 234 g/mol. The number of aliphatic hydroxyl groups is 1. The first-order valence-electron chi connectivity index (χ1n) is 7.33. The molecule has 2 aliphatic rings. The highest BCUT2D eigenvalue weighted by atomic mass is 16.3. The van der Waals surface area contributed by atoms with Gasteiger partial charge in [0.25, 0.3) is 0 Å². The molecule has 98 valence electrons. The van der Waals surface area contributed by atoms with Crippen LogP contribution in [0, 0.1) is 17.8 Å². The molecule has 2 fully saturated rings. The third-order valence-electron chi connectivity index (χ3n) is 5.23. The molecule has 4 rings (SSSR count). The maximum absolute atomic E-state index is 10.8. The summed E-state index contributed by atoms with van der Waals surface area (Å²) in [6, 6.07) is 8.23. The molecule has 4 atom stereocenters. The van der Waals surface area contributed by atoms with E-state index in [0.29, 0.717) is 5.92 Å². The van der Waals surface area contributed by atoms with Crippen molar-refractivity contribution >= 4 is 10.8 Å². The monoisotopic (exact) mass is 253 g/mol. The molecule has 2 heteroatoms. The van der Waals surface area contributed by atoms with Crippen LogP contribution in [0.25, 0.3) is 10.8 Å². The normalized spacial score (nSPS) is 30.9. The highest BCUT2D eigenvalue weighted by Crippen LogP contribution is 2.53. The van der Waals surface area contributed by atoms with E-state index in [1.807, 2.05) is 24.5 Å². The zero-order valence-electron chi connectivity index (χ0n) is 11.0. The second-order valence-corrected chi connectivity index (χ2v) is 6.23. The van der Waals surface area contributed by atoms with Crippen molar-refractivity contribution < 1.29 is 5.11 Å². The number of hydrogen-bond donors (Lipinski definition) is 1. The van der Waals surface area contributed by atoms with Gasteiger partial charge in [-0.05, 0) is 54.0 Å². The number of benzene rings is 1. The average molecular weight is 253 g/mol. The van der Waals surface area contributed by atoms with Crippen molar-refractivity contribution in [3.8, 4) is 0 Å². The fourth-order valence-corrected chi connectivity index (χ4v) is 4.31. The number of nitrogens with zero attached hydrogens (tertiary/aromatic N) is 1. The smallest absolute Gasteiger partial charge is 0.0827 e. The zero-order chi connectivity index (χ0) is 12.8. The van der Waals surface area contributed by atoms with Crippen molar-refractivity contribution in [1.29, 1.82) is 0 Å². The molecule has 0 spiro atoms. The summed E-state index contributed by atoms with van der Waals surface area (Å²) in [7, 11) is 0. The zero-order valence-corrected chi connectivity index (χ0v) is 11.0. The number of aliphatic hydroxyl groups excluding tert-OH is 1. The van der Waals surface area contributed by atoms with E-state index >= 15 is 0 Å². The van der Waals surface area contributed by atoms with Crippen LogP contribution < -0.4 is 0 Å². The van der Waals surface area contributed by atoms with Crippen LogP contribution in [-0.4, -0.2) is 10.1 Å². The molecule has 1 aromatic heterocycles. The molecule has 4 unspecified atom stereocenters. The summed E-state index contributed by atoms with van der Waals surface area (Å²) in [5.41, 5.74) is 1.07. The predicted octanol–water partition coefficient (Wildman–Crippen LogP) is 3.70. The van der Waals surface area contributed by atoms with E-state index in [9.17, 15) is 5.11 Å². The molecule has 19 heavy (non-hydrogen) atoms. The molecule has 2 saturated carbocycles. The van der Waals surface area contributed by atoms with Gasteiger partial charge in [-0.2, -0.15) is 0 Å². The van der Waals surface area contributed by atoms with Gasteiger partial charge in [-0.3, -0.25) is 4.98 Å². The number of aromatic nitrogens is 1. The van der Waals surface area contributed by atoms with E-state index in [-0.39, 0.29) is 6.10 Å². The summed E-state index contributed by atoms with van der Waals surface area (Å²) in [4.78, 5) is 4.22. The van der Waals surface area contributed by atoms with E-state index in [4.69, 9.17) is 0 Å². The number of hydrogen-bond acceptors (Lipinski definition) is 2. The maximum atomic E-state index is 10.8. The molecule has 2 aliphatic carbocycles. The van der Waals surface area contributed by atoms with Crippen LogP contribution in [0.2, 0.25) is 0 Å². The molecule has 0 aliphatic heterocycles. The second-order valence-electron chi connectivity index (χ2n) is 6.23. The minimum absolute atomic E-state index is 0.316. The van der Waals surface area contributed by atoms with Gasteiger partial charge in [-0.1, -0.05) is 24.6 Å². The van der Waals surface area contributed by atoms with Crippen LogP contribution in [0.1, 0.15) is 37.4 Å². The minimum Gasteiger partial charge on any atom is -0.388 e. The Hall–Kier alpha value is -1.41. The third kappa shape index (κ3) is 1.78. The van der Waals surface area contributed by atoms with Gasteiger partial charge in [0.05, 0.1) is 6.10 Å². The van der Waals surface area contributed by atoms with Crippen LogP contribution >= 0.6 is 0 Å². The first kappa shape index (κ1) is 11.4. The molecule has 0 amide bonds. The lowest BCUT2D eigenvalue weighted by Gasteiger charge is -2.27. The lowest BCUT2D eigenvalue weighted by Crippen LogP contribution is -2.19. The molecule has 2 bridgehead atoms. The SMILES string of the molecule is OC(c1cccc2ccncc12)C1CC2CCC1C2. The lowest BCUT2D eigenvalue weighted by atomic mass is 9.81. The van der Waals surface area contributed by atoms with E-state index in [2.05, 4.69) is 17.1 Å². The predicted molar refractivity (Wildman–Crippen MR) is 75.6 cm³/mol. The van der Waals surface area contributed by atoms with Gasteiger partial charge in [0, 0.05) is 17.8 Å². The molecule has 1 aromatic carbocycles. The van der Waals surface area contributed by atoms with Crippen molar-refractivity contribution in [2.75, 3.05) is 0 Å². The Morgan fingerprint density at radius 2 is 2.11 bits per heavy atom. The third-order valence-corrected chi connectivity index (χ3v) is 5.23. The fourth-order valence-electron chi connectivity index (χ4n) is 4.31. The first-order valence-corrected chi connectivity index (χ1v) is 7.33. The van der Waals surface area contributed by atoms with Gasteiger partial charge in [0.15, 0.2) is 0 Å². The quantitative estimate of drug-likeness (QED) is 0.885. The summed E-state index contributed by atoms with van der Waals surface area (Å²) in [5.74, 6) is 2.08. The Bertz CT molecular complexity index is 604. The van der Waals surface area contributed by atoms with E-state index < -0.39 is 0 Å². The topological polar surface area (TPSA) is 33.1 Å². The first-order chi connectivity index (χ1) is 9.33. The highest BCUT2D eigenvalue weighted by molar-refractivity contribution is 5.85. The highest BCUT2D eigenvalue weighted by Gasteiger charge is 2.43. The van der Waals surface area contributed by atoms with Gasteiger partial charge in [0.2, 0.25) is 0 Å². The van der Waals surface area contributed by atoms with Crippen LogP contribution in [0.3, 0.4) is 0 Å². The summed E-state index contributed by atoms with van der Waals surface area (Å²) < 4.78 is 0. The fraction of sp³-hybridized carbons (Fsp3) is 0.471. The molecule has 0 radical (unpaired) electrons. The molecule has 2 aromatic rings. The van der Waals surface area contributed by atoms with Gasteiger partial charge in [0.1, 0.15) is 0 Å².